The maximum Gasteiger partial charge on any atom is 0.209 e. The molecule has 0 radical (unpaired) electrons. The van der Waals surface area contributed by atoms with Crippen LogP contribution in [0, 0.1) is 36.0 Å². The van der Waals surface area contributed by atoms with Gasteiger partial charge in [-0.3, -0.25) is 9.69 Å². The number of carbonyl (C=O) groups is 1. The van der Waals surface area contributed by atoms with Gasteiger partial charge in [-0.2, -0.15) is 5.26 Å². The Bertz CT molecular complexity index is 1780. The van der Waals surface area contributed by atoms with Crippen LogP contribution in [0.3, 0.4) is 0 Å². The standard InChI is InChI=1S/C37H42N5O3P/c1-4-26-9-10-32(25(3)19-26)44-23-28-7-6-8-35(39-28)45-29-11-17-41(18-12-29)22-34-40-36-30(20-27(21-33(36)46)31(43)5-2)42(34)24-37(13-14-37)15-16-38/h1,8-10,19-21,29H,5-7,11-15,17-18,22-24,46H2,2-3H3. The van der Waals surface area contributed by atoms with Crippen molar-refractivity contribution in [3.63, 3.8) is 0 Å². The average Bonchev–Trinajstić information content (AvgIpc) is 3.74. The van der Waals surface area contributed by atoms with Crippen molar-refractivity contribution in [3.05, 3.63) is 64.8 Å². The molecule has 238 valence electrons. The van der Waals surface area contributed by atoms with Crippen molar-refractivity contribution >= 4 is 37.1 Å². The smallest absolute Gasteiger partial charge is 0.209 e. The minimum Gasteiger partial charge on any atom is -0.487 e. The van der Waals surface area contributed by atoms with Crippen molar-refractivity contribution < 1.29 is 14.3 Å². The molecule has 1 aromatic heterocycles. The summed E-state index contributed by atoms with van der Waals surface area (Å²) >= 11 is 0. The number of nitriles is 1. The molecule has 0 bridgehead atoms. The molecule has 0 spiro atoms. The van der Waals surface area contributed by atoms with E-state index in [0.29, 0.717) is 25.3 Å². The van der Waals surface area contributed by atoms with Gasteiger partial charge in [-0.15, -0.1) is 15.7 Å². The predicted molar refractivity (Wildman–Crippen MR) is 184 cm³/mol. The molecule has 8 nitrogen and oxygen atoms in total. The Morgan fingerprint density at radius 1 is 1.22 bits per heavy atom. The van der Waals surface area contributed by atoms with Gasteiger partial charge in [0.25, 0.3) is 0 Å². The number of benzene rings is 2. The molecule has 3 aromatic rings. The summed E-state index contributed by atoms with van der Waals surface area (Å²) in [5.41, 5.74) is 5.48. The van der Waals surface area contributed by atoms with Gasteiger partial charge in [-0.05, 0) is 92.7 Å². The van der Waals surface area contributed by atoms with Gasteiger partial charge in [0, 0.05) is 49.0 Å². The Morgan fingerprint density at radius 3 is 2.72 bits per heavy atom. The van der Waals surface area contributed by atoms with Crippen LogP contribution in [0.25, 0.3) is 11.0 Å². The zero-order valence-electron chi connectivity index (χ0n) is 26.8. The molecule has 0 N–H and O–H groups in total. The van der Waals surface area contributed by atoms with Crippen LogP contribution in [0.15, 0.2) is 47.3 Å². The van der Waals surface area contributed by atoms with Crippen LogP contribution in [0.4, 0.5) is 0 Å². The minimum atomic E-state index is 0.00727. The second-order valence-electron chi connectivity index (χ2n) is 12.9. The van der Waals surface area contributed by atoms with Crippen molar-refractivity contribution in [1.82, 2.24) is 14.5 Å². The number of ketones is 1. The lowest BCUT2D eigenvalue weighted by atomic mass is 10.0. The van der Waals surface area contributed by atoms with Gasteiger partial charge in [0.1, 0.15) is 24.3 Å². The van der Waals surface area contributed by atoms with E-state index in [1.807, 2.05) is 44.2 Å². The van der Waals surface area contributed by atoms with Gasteiger partial charge in [-0.25, -0.2) is 9.98 Å². The van der Waals surface area contributed by atoms with Gasteiger partial charge in [0.15, 0.2) is 5.78 Å². The number of terminal acetylenes is 1. The van der Waals surface area contributed by atoms with Gasteiger partial charge >= 0.3 is 0 Å². The number of aliphatic imine (C=N–C) groups is 1. The summed E-state index contributed by atoms with van der Waals surface area (Å²) in [4.78, 5) is 25.0. The molecule has 3 aliphatic rings. The van der Waals surface area contributed by atoms with Crippen LogP contribution in [0.5, 0.6) is 5.75 Å². The Kier molecular flexibility index (Phi) is 9.60. The van der Waals surface area contributed by atoms with E-state index < -0.39 is 0 Å². The fourth-order valence-corrected chi connectivity index (χ4v) is 6.84. The number of Topliss-reactive ketones (excluding diaryl/α,β-unsaturated/α-hetero) is 1. The number of hydrogen-bond donors (Lipinski definition) is 0. The summed E-state index contributed by atoms with van der Waals surface area (Å²) < 4.78 is 14.7. The zero-order chi connectivity index (χ0) is 32.3. The Balaban J connectivity index is 1.09. The fraction of sp³-hybridized carbons (Fsp3) is 0.459. The van der Waals surface area contributed by atoms with Crippen molar-refractivity contribution in [2.75, 3.05) is 19.7 Å². The number of fused-ring (bicyclic) bond motifs is 1. The summed E-state index contributed by atoms with van der Waals surface area (Å²) in [5, 5.41) is 10.4. The average molecular weight is 636 g/mol. The third-order valence-electron chi connectivity index (χ3n) is 9.45. The van der Waals surface area contributed by atoms with Crippen molar-refractivity contribution in [1.29, 1.82) is 5.26 Å². The number of hydrogen-bond acceptors (Lipinski definition) is 7. The first kappa shape index (κ1) is 32.0. The zero-order valence-corrected chi connectivity index (χ0v) is 28.0. The highest BCUT2D eigenvalue weighted by molar-refractivity contribution is 7.28. The first-order valence-corrected chi connectivity index (χ1v) is 16.9. The highest BCUT2D eigenvalue weighted by atomic mass is 31.0. The monoisotopic (exact) mass is 635 g/mol. The number of allylic oxidation sites excluding steroid dienone is 1. The van der Waals surface area contributed by atoms with Crippen LogP contribution in [-0.2, 0) is 17.8 Å². The van der Waals surface area contributed by atoms with E-state index in [0.717, 1.165) is 115 Å². The number of aryl methyl sites for hydroxylation is 1. The third-order valence-corrected chi connectivity index (χ3v) is 9.89. The summed E-state index contributed by atoms with van der Waals surface area (Å²) in [6.45, 7) is 7.58. The van der Waals surface area contributed by atoms with Crippen LogP contribution >= 0.6 is 9.24 Å². The van der Waals surface area contributed by atoms with E-state index in [2.05, 4.69) is 36.8 Å². The molecule has 3 heterocycles. The molecule has 1 saturated heterocycles. The number of likely N-dealkylation sites (tertiary alicyclic amines) is 1. The maximum absolute atomic E-state index is 12.6. The molecule has 1 atom stereocenters. The highest BCUT2D eigenvalue weighted by Crippen LogP contribution is 2.50. The molecule has 6 rings (SSSR count). The van der Waals surface area contributed by atoms with Crippen LogP contribution in [-0.4, -0.2) is 51.7 Å². The first-order valence-electron chi connectivity index (χ1n) is 16.3. The molecule has 1 aliphatic carbocycles. The van der Waals surface area contributed by atoms with E-state index in [9.17, 15) is 10.1 Å². The maximum atomic E-state index is 12.6. The molecular formula is C37H42N5O3P. The number of ether oxygens (including phenoxy) is 2. The van der Waals surface area contributed by atoms with E-state index in [1.165, 1.54) is 0 Å². The molecule has 1 saturated carbocycles. The second-order valence-corrected chi connectivity index (χ2v) is 13.5. The predicted octanol–water partition coefficient (Wildman–Crippen LogP) is 6.25. The summed E-state index contributed by atoms with van der Waals surface area (Å²) in [6.07, 6.45) is 14.4. The summed E-state index contributed by atoms with van der Waals surface area (Å²) in [5.74, 6) is 5.30. The van der Waals surface area contributed by atoms with E-state index in [4.69, 9.17) is 25.9 Å². The molecule has 9 heteroatoms. The van der Waals surface area contributed by atoms with Crippen molar-refractivity contribution in [2.24, 2.45) is 10.4 Å². The second kappa shape index (κ2) is 13.8. The topological polar surface area (TPSA) is 92.7 Å². The first-order chi connectivity index (χ1) is 22.3. The molecule has 2 aliphatic heterocycles. The molecule has 46 heavy (non-hydrogen) atoms. The highest BCUT2D eigenvalue weighted by Gasteiger charge is 2.43. The van der Waals surface area contributed by atoms with Gasteiger partial charge < -0.3 is 14.0 Å². The molecule has 2 fully saturated rings. The van der Waals surface area contributed by atoms with E-state index >= 15 is 0 Å². The Morgan fingerprint density at radius 2 is 2.02 bits per heavy atom. The lowest BCUT2D eigenvalue weighted by Crippen LogP contribution is -2.37. The SMILES string of the molecule is C#Cc1ccc(OCC2=NC(OC3CCN(Cc4nc5c(P)cc(C(=O)CC)cc5n4CC4(CC#N)CC4)CC3)=CCC2)c(C)c1. The number of nitrogens with zero attached hydrogens (tertiary/aromatic N) is 5. The summed E-state index contributed by atoms with van der Waals surface area (Å²) in [7, 11) is 2.77. The van der Waals surface area contributed by atoms with Gasteiger partial charge in [0.2, 0.25) is 5.88 Å². The van der Waals surface area contributed by atoms with Gasteiger partial charge in [-0.1, -0.05) is 12.8 Å². The van der Waals surface area contributed by atoms with Crippen molar-refractivity contribution in [2.45, 2.75) is 84.4 Å². The lowest BCUT2D eigenvalue weighted by Gasteiger charge is -2.32. The van der Waals surface area contributed by atoms with Crippen molar-refractivity contribution in [3.8, 4) is 24.2 Å². The fourth-order valence-electron chi connectivity index (χ4n) is 6.45. The summed E-state index contributed by atoms with van der Waals surface area (Å²) in [6, 6.07) is 12.1. The molecule has 2 aromatic carbocycles. The quantitative estimate of drug-likeness (QED) is 0.133. The third kappa shape index (κ3) is 7.20. The van der Waals surface area contributed by atoms with Gasteiger partial charge in [0.05, 0.1) is 29.4 Å². The molecule has 1 unspecified atom stereocenters. The van der Waals surface area contributed by atoms with Crippen LogP contribution in [0.2, 0.25) is 0 Å². The Labute approximate surface area is 274 Å². The number of piperidine rings is 1. The van der Waals surface area contributed by atoms with Crippen LogP contribution in [0.1, 0.15) is 85.6 Å². The number of rotatable bonds is 12. The normalized spacial score (nSPS) is 17.9. The van der Waals surface area contributed by atoms with Crippen LogP contribution < -0.4 is 10.0 Å². The van der Waals surface area contributed by atoms with E-state index in [1.54, 1.807) is 0 Å². The minimum absolute atomic E-state index is 0.00727. The van der Waals surface area contributed by atoms with E-state index in [-0.39, 0.29) is 17.3 Å². The number of aromatic nitrogens is 2. The Hall–Kier alpha value is -3.97. The molecular weight excluding hydrogens is 593 g/mol. The molecule has 0 amide bonds. The largest absolute Gasteiger partial charge is 0.487 e. The lowest BCUT2D eigenvalue weighted by molar-refractivity contribution is 0.0450. The number of carbonyl (C=O) groups excluding carboxylic acids is 1. The number of imidazole rings is 1.